The number of hydrogen-bond donors (Lipinski definition) is 0. The Bertz CT molecular complexity index is 916. The van der Waals surface area contributed by atoms with Crippen molar-refractivity contribution in [2.75, 3.05) is 14.2 Å². The molecule has 3 aromatic carbocycles. The Labute approximate surface area is 165 Å². The second kappa shape index (κ2) is 9.38. The Kier molecular flexibility index (Phi) is 6.42. The van der Waals surface area contributed by atoms with Crippen molar-refractivity contribution in [3.8, 4) is 5.75 Å². The fourth-order valence-corrected chi connectivity index (χ4v) is 2.88. The van der Waals surface area contributed by atoms with Crippen molar-refractivity contribution in [1.29, 1.82) is 0 Å². The van der Waals surface area contributed by atoms with Gasteiger partial charge in [-0.15, -0.1) is 0 Å². The highest BCUT2D eigenvalue weighted by molar-refractivity contribution is 6.00. The van der Waals surface area contributed by atoms with Crippen LogP contribution in [-0.2, 0) is 4.74 Å². The molecular weight excluding hydrogens is 348 g/mol. The average Bonchev–Trinajstić information content (AvgIpc) is 2.76. The summed E-state index contributed by atoms with van der Waals surface area (Å²) in [5, 5.41) is 0. The van der Waals surface area contributed by atoms with Gasteiger partial charge in [0.05, 0.1) is 19.8 Å². The lowest BCUT2D eigenvalue weighted by Gasteiger charge is -2.11. The summed E-state index contributed by atoms with van der Waals surface area (Å²) in [5.41, 5.74) is 4.07. The molecule has 0 aliphatic rings. The van der Waals surface area contributed by atoms with E-state index in [9.17, 15) is 4.79 Å². The SMILES string of the molecule is COC(=O)c1c(/C=C/c2ccccc2)cc(OC)cc1/C=C/c1ccccc1. The lowest BCUT2D eigenvalue weighted by molar-refractivity contribution is 0.0600. The molecule has 0 radical (unpaired) electrons. The smallest absolute Gasteiger partial charge is 0.339 e. The van der Waals surface area contributed by atoms with Crippen LogP contribution in [0.5, 0.6) is 5.75 Å². The van der Waals surface area contributed by atoms with E-state index in [0.717, 1.165) is 22.3 Å². The molecule has 0 bridgehead atoms. The van der Waals surface area contributed by atoms with Crippen molar-refractivity contribution in [2.45, 2.75) is 0 Å². The molecule has 0 fully saturated rings. The largest absolute Gasteiger partial charge is 0.497 e. The molecule has 28 heavy (non-hydrogen) atoms. The lowest BCUT2D eigenvalue weighted by atomic mass is 9.98. The van der Waals surface area contributed by atoms with Gasteiger partial charge in [-0.1, -0.05) is 85.0 Å². The van der Waals surface area contributed by atoms with Gasteiger partial charge in [0, 0.05) is 0 Å². The Morgan fingerprint density at radius 1 is 0.714 bits per heavy atom. The van der Waals surface area contributed by atoms with Crippen LogP contribution in [0.25, 0.3) is 24.3 Å². The molecule has 0 spiro atoms. The Morgan fingerprint density at radius 3 is 1.57 bits per heavy atom. The molecule has 3 nitrogen and oxygen atoms in total. The topological polar surface area (TPSA) is 35.5 Å². The van der Waals surface area contributed by atoms with Gasteiger partial charge >= 0.3 is 5.97 Å². The first-order valence-corrected chi connectivity index (χ1v) is 8.98. The van der Waals surface area contributed by atoms with E-state index in [2.05, 4.69) is 0 Å². The van der Waals surface area contributed by atoms with Crippen LogP contribution in [0.1, 0.15) is 32.6 Å². The molecule has 0 amide bonds. The van der Waals surface area contributed by atoms with Crippen LogP contribution in [0.4, 0.5) is 0 Å². The molecule has 0 saturated heterocycles. The predicted molar refractivity (Wildman–Crippen MR) is 115 cm³/mol. The van der Waals surface area contributed by atoms with Crippen LogP contribution in [0.3, 0.4) is 0 Å². The molecule has 0 unspecified atom stereocenters. The average molecular weight is 370 g/mol. The molecule has 0 aliphatic carbocycles. The summed E-state index contributed by atoms with van der Waals surface area (Å²) in [6.45, 7) is 0. The molecular formula is C25H22O3. The summed E-state index contributed by atoms with van der Waals surface area (Å²) >= 11 is 0. The van der Waals surface area contributed by atoms with Crippen molar-refractivity contribution >= 4 is 30.3 Å². The van der Waals surface area contributed by atoms with Crippen LogP contribution in [0.2, 0.25) is 0 Å². The number of methoxy groups -OCH3 is 2. The van der Waals surface area contributed by atoms with E-state index in [1.807, 2.05) is 97.1 Å². The molecule has 140 valence electrons. The van der Waals surface area contributed by atoms with E-state index in [4.69, 9.17) is 9.47 Å². The molecule has 0 N–H and O–H groups in total. The molecule has 3 aromatic rings. The number of rotatable bonds is 6. The second-order valence-corrected chi connectivity index (χ2v) is 6.16. The highest BCUT2D eigenvalue weighted by Gasteiger charge is 2.16. The van der Waals surface area contributed by atoms with Gasteiger partial charge in [-0.05, 0) is 34.4 Å². The molecule has 3 rings (SSSR count). The van der Waals surface area contributed by atoms with E-state index in [1.165, 1.54) is 7.11 Å². The minimum absolute atomic E-state index is 0.386. The third-order valence-electron chi connectivity index (χ3n) is 4.31. The zero-order valence-corrected chi connectivity index (χ0v) is 16.0. The number of ether oxygens (including phenoxy) is 2. The standard InChI is InChI=1S/C25H22O3/c1-27-23-17-21(15-13-19-9-5-3-6-10-19)24(25(26)28-2)22(18-23)16-14-20-11-7-4-8-12-20/h3-18H,1-2H3/b15-13+,16-14+. The highest BCUT2D eigenvalue weighted by Crippen LogP contribution is 2.27. The first-order chi connectivity index (χ1) is 13.7. The van der Waals surface area contributed by atoms with Crippen molar-refractivity contribution in [3.05, 3.63) is 101 Å². The highest BCUT2D eigenvalue weighted by atomic mass is 16.5. The van der Waals surface area contributed by atoms with Gasteiger partial charge < -0.3 is 9.47 Å². The fourth-order valence-electron chi connectivity index (χ4n) is 2.88. The molecule has 3 heteroatoms. The quantitative estimate of drug-likeness (QED) is 0.405. The summed E-state index contributed by atoms with van der Waals surface area (Å²) in [5.74, 6) is 0.288. The van der Waals surface area contributed by atoms with Crippen LogP contribution in [0, 0.1) is 0 Å². The fraction of sp³-hybridized carbons (Fsp3) is 0.0800. The van der Waals surface area contributed by atoms with Crippen LogP contribution in [-0.4, -0.2) is 20.2 Å². The van der Waals surface area contributed by atoms with Gasteiger partial charge in [0.2, 0.25) is 0 Å². The molecule has 0 aliphatic heterocycles. The lowest BCUT2D eigenvalue weighted by Crippen LogP contribution is -2.07. The summed E-state index contributed by atoms with van der Waals surface area (Å²) in [4.78, 5) is 12.5. The minimum atomic E-state index is -0.386. The van der Waals surface area contributed by atoms with Gasteiger partial charge in [-0.3, -0.25) is 0 Å². The maximum absolute atomic E-state index is 12.5. The van der Waals surface area contributed by atoms with Gasteiger partial charge in [0.1, 0.15) is 5.75 Å². The van der Waals surface area contributed by atoms with E-state index in [0.29, 0.717) is 11.3 Å². The van der Waals surface area contributed by atoms with E-state index >= 15 is 0 Å². The number of esters is 1. The van der Waals surface area contributed by atoms with Crippen molar-refractivity contribution in [3.63, 3.8) is 0 Å². The Hall–Kier alpha value is -3.59. The zero-order valence-electron chi connectivity index (χ0n) is 16.0. The third kappa shape index (κ3) is 4.77. The van der Waals surface area contributed by atoms with Gasteiger partial charge in [0.15, 0.2) is 0 Å². The number of hydrogen-bond acceptors (Lipinski definition) is 3. The van der Waals surface area contributed by atoms with Gasteiger partial charge in [0.25, 0.3) is 0 Å². The van der Waals surface area contributed by atoms with Crippen LogP contribution >= 0.6 is 0 Å². The monoisotopic (exact) mass is 370 g/mol. The van der Waals surface area contributed by atoms with Gasteiger partial charge in [-0.25, -0.2) is 4.79 Å². The normalized spacial score (nSPS) is 11.1. The summed E-state index contributed by atoms with van der Waals surface area (Å²) in [6, 6.07) is 23.5. The number of benzene rings is 3. The Balaban J connectivity index is 2.08. The maximum atomic E-state index is 12.5. The molecule has 0 atom stereocenters. The molecule has 0 saturated carbocycles. The Morgan fingerprint density at radius 2 is 1.18 bits per heavy atom. The summed E-state index contributed by atoms with van der Waals surface area (Å²) in [6.07, 6.45) is 7.74. The predicted octanol–water partition coefficient (Wildman–Crippen LogP) is 5.82. The van der Waals surface area contributed by atoms with E-state index in [1.54, 1.807) is 7.11 Å². The summed E-state index contributed by atoms with van der Waals surface area (Å²) < 4.78 is 10.5. The number of carbonyl (C=O) groups is 1. The van der Waals surface area contributed by atoms with Crippen LogP contribution in [0.15, 0.2) is 72.8 Å². The van der Waals surface area contributed by atoms with Crippen LogP contribution < -0.4 is 4.74 Å². The summed E-state index contributed by atoms with van der Waals surface area (Å²) in [7, 11) is 3.00. The third-order valence-corrected chi connectivity index (χ3v) is 4.31. The maximum Gasteiger partial charge on any atom is 0.339 e. The van der Waals surface area contributed by atoms with E-state index < -0.39 is 0 Å². The van der Waals surface area contributed by atoms with Gasteiger partial charge in [-0.2, -0.15) is 0 Å². The van der Waals surface area contributed by atoms with Crippen molar-refractivity contribution in [2.24, 2.45) is 0 Å². The molecule has 0 heterocycles. The van der Waals surface area contributed by atoms with Crippen molar-refractivity contribution < 1.29 is 14.3 Å². The van der Waals surface area contributed by atoms with E-state index in [-0.39, 0.29) is 5.97 Å². The first-order valence-electron chi connectivity index (χ1n) is 8.98. The van der Waals surface area contributed by atoms with Crippen molar-refractivity contribution in [1.82, 2.24) is 0 Å². The first kappa shape index (κ1) is 19.2. The molecule has 0 aromatic heterocycles. The second-order valence-electron chi connectivity index (χ2n) is 6.16. The minimum Gasteiger partial charge on any atom is -0.497 e. The number of carbonyl (C=O) groups excluding carboxylic acids is 1. The zero-order chi connectivity index (χ0) is 19.8.